The molecule has 2 aliphatic rings. The maximum absolute atomic E-state index is 11.6. The van der Waals surface area contributed by atoms with Crippen molar-refractivity contribution in [1.82, 2.24) is 9.78 Å². The molecule has 0 aromatic carbocycles. The first-order chi connectivity index (χ1) is 6.86. The molecular formula is C11H14N2O. The predicted octanol–water partition coefficient (Wildman–Crippen LogP) is 2.20. The van der Waals surface area contributed by atoms with E-state index in [1.807, 2.05) is 10.7 Å². The molecule has 0 spiro atoms. The molecule has 3 nitrogen and oxygen atoms in total. The van der Waals surface area contributed by atoms with Crippen LogP contribution in [0.25, 0.3) is 0 Å². The van der Waals surface area contributed by atoms with E-state index in [1.54, 1.807) is 6.20 Å². The Bertz CT molecular complexity index is 363. The lowest BCUT2D eigenvalue weighted by Crippen LogP contribution is -2.14. The van der Waals surface area contributed by atoms with Gasteiger partial charge in [0.1, 0.15) is 5.69 Å². The summed E-state index contributed by atoms with van der Waals surface area (Å²) in [5.41, 5.74) is 0.821. The van der Waals surface area contributed by atoms with Gasteiger partial charge in [0, 0.05) is 12.6 Å². The maximum atomic E-state index is 11.6. The minimum atomic E-state index is 0.277. The molecule has 1 unspecified atom stereocenters. The van der Waals surface area contributed by atoms with E-state index in [-0.39, 0.29) is 5.78 Å². The van der Waals surface area contributed by atoms with E-state index in [0.717, 1.165) is 5.69 Å². The van der Waals surface area contributed by atoms with Gasteiger partial charge in [0.15, 0.2) is 5.78 Å². The first-order valence-corrected chi connectivity index (χ1v) is 5.43. The minimum absolute atomic E-state index is 0.277. The first-order valence-electron chi connectivity index (χ1n) is 5.43. The molecule has 0 amide bonds. The number of carbonyl (C=O) groups excluding carboxylic acids is 1. The van der Waals surface area contributed by atoms with Crippen molar-refractivity contribution in [3.8, 4) is 0 Å². The van der Waals surface area contributed by atoms with Crippen LogP contribution in [0.4, 0.5) is 0 Å². The highest BCUT2D eigenvalue weighted by Crippen LogP contribution is 2.39. The van der Waals surface area contributed by atoms with Gasteiger partial charge in [-0.05, 0) is 24.8 Å². The van der Waals surface area contributed by atoms with Crippen LogP contribution in [0.1, 0.15) is 48.6 Å². The van der Waals surface area contributed by atoms with E-state index in [0.29, 0.717) is 18.4 Å². The summed E-state index contributed by atoms with van der Waals surface area (Å²) in [6.07, 6.45) is 7.63. The number of hydrogen-bond donors (Lipinski definition) is 0. The number of carbonyl (C=O) groups is 1. The second-order valence-electron chi connectivity index (χ2n) is 4.40. The zero-order valence-electron chi connectivity index (χ0n) is 8.15. The third-order valence-electron chi connectivity index (χ3n) is 3.61. The lowest BCUT2D eigenvalue weighted by molar-refractivity contribution is 0.0982. The van der Waals surface area contributed by atoms with Crippen molar-refractivity contribution >= 4 is 5.78 Å². The molecule has 0 N–H and O–H groups in total. The lowest BCUT2D eigenvalue weighted by atomic mass is 9.96. The van der Waals surface area contributed by atoms with Crippen molar-refractivity contribution in [2.45, 2.75) is 38.1 Å². The largest absolute Gasteiger partial charge is 0.292 e. The molecule has 1 fully saturated rings. The molecule has 3 rings (SSSR count). The molecular weight excluding hydrogens is 176 g/mol. The highest BCUT2D eigenvalue weighted by atomic mass is 16.1. The number of fused-ring (bicyclic) bond motifs is 1. The van der Waals surface area contributed by atoms with E-state index in [2.05, 4.69) is 5.10 Å². The molecule has 0 bridgehead atoms. The normalized spacial score (nSPS) is 27.1. The van der Waals surface area contributed by atoms with Crippen molar-refractivity contribution in [1.29, 1.82) is 0 Å². The predicted molar refractivity (Wildman–Crippen MR) is 52.2 cm³/mol. The fourth-order valence-electron chi connectivity index (χ4n) is 2.89. The summed E-state index contributed by atoms with van der Waals surface area (Å²) in [7, 11) is 0. The standard InChI is InChI=1S/C11H14N2O/c14-11-7-10(8-3-1-2-4-8)13-9(11)5-6-12-13/h5-6,8,10H,1-4,7H2. The molecule has 1 saturated carbocycles. The summed E-state index contributed by atoms with van der Waals surface area (Å²) in [5.74, 6) is 0.972. The summed E-state index contributed by atoms with van der Waals surface area (Å²) >= 11 is 0. The molecule has 14 heavy (non-hydrogen) atoms. The first kappa shape index (κ1) is 8.21. The molecule has 74 valence electrons. The van der Waals surface area contributed by atoms with E-state index in [4.69, 9.17) is 0 Å². The maximum Gasteiger partial charge on any atom is 0.183 e. The van der Waals surface area contributed by atoms with Crippen LogP contribution in [0.3, 0.4) is 0 Å². The van der Waals surface area contributed by atoms with Crippen LogP contribution in [0, 0.1) is 5.92 Å². The fraction of sp³-hybridized carbons (Fsp3) is 0.636. The Morgan fingerprint density at radius 2 is 2.14 bits per heavy atom. The molecule has 0 saturated heterocycles. The number of Topliss-reactive ketones (excluding diaryl/α,β-unsaturated/α-hetero) is 1. The average molecular weight is 190 g/mol. The highest BCUT2D eigenvalue weighted by Gasteiger charge is 2.36. The molecule has 1 aliphatic carbocycles. The van der Waals surface area contributed by atoms with Gasteiger partial charge in [0.2, 0.25) is 0 Å². The van der Waals surface area contributed by atoms with Crippen molar-refractivity contribution in [3.05, 3.63) is 18.0 Å². The quantitative estimate of drug-likeness (QED) is 0.680. The number of rotatable bonds is 1. The summed E-state index contributed by atoms with van der Waals surface area (Å²) in [5, 5.41) is 4.27. The van der Waals surface area contributed by atoms with Crippen molar-refractivity contribution < 1.29 is 4.79 Å². The third-order valence-corrected chi connectivity index (χ3v) is 3.61. The van der Waals surface area contributed by atoms with Gasteiger partial charge in [-0.15, -0.1) is 0 Å². The van der Waals surface area contributed by atoms with Crippen molar-refractivity contribution in [2.75, 3.05) is 0 Å². The van der Waals surface area contributed by atoms with Crippen LogP contribution >= 0.6 is 0 Å². The lowest BCUT2D eigenvalue weighted by Gasteiger charge is -2.18. The van der Waals surface area contributed by atoms with Crippen LogP contribution in [0.2, 0.25) is 0 Å². The molecule has 1 aromatic heterocycles. The Morgan fingerprint density at radius 1 is 1.36 bits per heavy atom. The fourth-order valence-corrected chi connectivity index (χ4v) is 2.89. The third kappa shape index (κ3) is 1.04. The van der Waals surface area contributed by atoms with Crippen LogP contribution < -0.4 is 0 Å². The van der Waals surface area contributed by atoms with Gasteiger partial charge in [-0.25, -0.2) is 0 Å². The van der Waals surface area contributed by atoms with Crippen LogP contribution in [0.5, 0.6) is 0 Å². The highest BCUT2D eigenvalue weighted by molar-refractivity contribution is 5.96. The zero-order valence-corrected chi connectivity index (χ0v) is 8.15. The van der Waals surface area contributed by atoms with Crippen molar-refractivity contribution in [3.63, 3.8) is 0 Å². The Kier molecular flexibility index (Phi) is 1.72. The van der Waals surface area contributed by atoms with Crippen molar-refractivity contribution in [2.24, 2.45) is 5.92 Å². The van der Waals surface area contributed by atoms with Gasteiger partial charge < -0.3 is 0 Å². The number of hydrogen-bond acceptors (Lipinski definition) is 2. The average Bonchev–Trinajstić information content (AvgIpc) is 2.84. The van der Waals surface area contributed by atoms with Gasteiger partial charge in [0.25, 0.3) is 0 Å². The van der Waals surface area contributed by atoms with E-state index >= 15 is 0 Å². The number of nitrogens with zero attached hydrogens (tertiary/aromatic N) is 2. The summed E-state index contributed by atoms with van der Waals surface area (Å²) < 4.78 is 1.96. The molecule has 0 radical (unpaired) electrons. The van der Waals surface area contributed by atoms with E-state index < -0.39 is 0 Å². The topological polar surface area (TPSA) is 34.9 Å². The molecule has 1 atom stereocenters. The summed E-state index contributed by atoms with van der Waals surface area (Å²) in [6.45, 7) is 0. The molecule has 2 heterocycles. The summed E-state index contributed by atoms with van der Waals surface area (Å²) in [4.78, 5) is 11.6. The second kappa shape index (κ2) is 2.94. The summed E-state index contributed by atoms with van der Waals surface area (Å²) in [6, 6.07) is 2.21. The van der Waals surface area contributed by atoms with Gasteiger partial charge in [-0.3, -0.25) is 9.48 Å². The Hall–Kier alpha value is -1.12. The molecule has 1 aromatic rings. The van der Waals surface area contributed by atoms with Crippen LogP contribution in [-0.2, 0) is 0 Å². The Morgan fingerprint density at radius 3 is 2.93 bits per heavy atom. The molecule has 1 aliphatic heterocycles. The van der Waals surface area contributed by atoms with Crippen LogP contribution in [-0.4, -0.2) is 15.6 Å². The van der Waals surface area contributed by atoms with Gasteiger partial charge >= 0.3 is 0 Å². The Labute approximate surface area is 83.1 Å². The second-order valence-corrected chi connectivity index (χ2v) is 4.40. The van der Waals surface area contributed by atoms with Gasteiger partial charge in [-0.1, -0.05) is 12.8 Å². The SMILES string of the molecule is O=C1CC(C2CCCC2)n2nccc21. The Balaban J connectivity index is 1.93. The number of ketones is 1. The smallest absolute Gasteiger partial charge is 0.183 e. The number of aromatic nitrogens is 2. The van der Waals surface area contributed by atoms with Crippen LogP contribution in [0.15, 0.2) is 12.3 Å². The van der Waals surface area contributed by atoms with Gasteiger partial charge in [0.05, 0.1) is 6.04 Å². The monoisotopic (exact) mass is 190 g/mol. The van der Waals surface area contributed by atoms with E-state index in [1.165, 1.54) is 25.7 Å². The zero-order chi connectivity index (χ0) is 9.54. The van der Waals surface area contributed by atoms with E-state index in [9.17, 15) is 4.79 Å². The van der Waals surface area contributed by atoms with Gasteiger partial charge in [-0.2, -0.15) is 5.10 Å². The molecule has 3 heteroatoms. The minimum Gasteiger partial charge on any atom is -0.292 e.